The Morgan fingerprint density at radius 2 is 1.84 bits per heavy atom. The second kappa shape index (κ2) is 9.50. The summed E-state index contributed by atoms with van der Waals surface area (Å²) in [5.74, 6) is -0.941. The number of amides is 2. The van der Waals surface area contributed by atoms with Gasteiger partial charge in [-0.25, -0.2) is 8.42 Å². The van der Waals surface area contributed by atoms with E-state index in [4.69, 9.17) is 0 Å². The van der Waals surface area contributed by atoms with E-state index in [9.17, 15) is 18.0 Å². The van der Waals surface area contributed by atoms with Crippen LogP contribution in [0.1, 0.15) is 28.8 Å². The van der Waals surface area contributed by atoms with Crippen LogP contribution in [0.2, 0.25) is 0 Å². The van der Waals surface area contributed by atoms with Crippen molar-refractivity contribution in [2.75, 3.05) is 32.0 Å². The molecule has 0 aliphatic carbocycles. The monoisotopic (exact) mass is 463 g/mol. The summed E-state index contributed by atoms with van der Waals surface area (Å²) in [4.78, 5) is 27.8. The first kappa shape index (κ1) is 23.4. The second-order valence-corrected chi connectivity index (χ2v) is 11.5. The van der Waals surface area contributed by atoms with Crippen LogP contribution >= 0.6 is 11.3 Å². The van der Waals surface area contributed by atoms with Crippen molar-refractivity contribution in [1.29, 1.82) is 0 Å². The minimum Gasteiger partial charge on any atom is -0.336 e. The first-order valence-electron chi connectivity index (χ1n) is 10.3. The summed E-state index contributed by atoms with van der Waals surface area (Å²) < 4.78 is 27.6. The lowest BCUT2D eigenvalue weighted by Crippen LogP contribution is -2.47. The van der Waals surface area contributed by atoms with Crippen molar-refractivity contribution in [3.05, 3.63) is 46.3 Å². The molecule has 1 unspecified atom stereocenters. The van der Waals surface area contributed by atoms with Gasteiger partial charge in [0.05, 0.1) is 12.5 Å². The summed E-state index contributed by atoms with van der Waals surface area (Å²) in [6.07, 6.45) is 1.22. The predicted octanol–water partition coefficient (Wildman–Crippen LogP) is 3.17. The number of aryl methyl sites for hydroxylation is 3. The smallest absolute Gasteiger partial charge is 0.252 e. The van der Waals surface area contributed by atoms with Crippen molar-refractivity contribution >= 4 is 38.9 Å². The Balaban J connectivity index is 1.63. The Morgan fingerprint density at radius 3 is 2.45 bits per heavy atom. The van der Waals surface area contributed by atoms with Crippen molar-refractivity contribution in [2.45, 2.75) is 37.8 Å². The summed E-state index contributed by atoms with van der Waals surface area (Å²) in [6, 6.07) is 9.17. The number of nitrogens with zero attached hydrogens (tertiary/aromatic N) is 2. The second-order valence-electron chi connectivity index (χ2n) is 8.08. The predicted molar refractivity (Wildman–Crippen MR) is 123 cm³/mol. The summed E-state index contributed by atoms with van der Waals surface area (Å²) >= 11 is 1.24. The number of rotatable bonds is 6. The highest BCUT2D eigenvalue weighted by Gasteiger charge is 2.35. The van der Waals surface area contributed by atoms with Crippen LogP contribution in [-0.2, 0) is 19.6 Å². The molecule has 0 spiro atoms. The van der Waals surface area contributed by atoms with E-state index < -0.39 is 15.9 Å². The lowest BCUT2D eigenvalue weighted by molar-refractivity contribution is -0.138. The Morgan fingerprint density at radius 1 is 1.16 bits per heavy atom. The molecule has 1 saturated heterocycles. The van der Waals surface area contributed by atoms with Crippen LogP contribution in [0.15, 0.2) is 34.5 Å². The fourth-order valence-electron chi connectivity index (χ4n) is 3.84. The highest BCUT2D eigenvalue weighted by atomic mass is 32.2. The zero-order chi connectivity index (χ0) is 22.8. The number of carbonyl (C=O) groups excluding carboxylic acids is 2. The lowest BCUT2D eigenvalue weighted by atomic mass is 9.98. The van der Waals surface area contributed by atoms with Crippen molar-refractivity contribution < 1.29 is 18.0 Å². The zero-order valence-corrected chi connectivity index (χ0v) is 20.0. The van der Waals surface area contributed by atoms with E-state index in [2.05, 4.69) is 5.32 Å². The van der Waals surface area contributed by atoms with Gasteiger partial charge in [-0.15, -0.1) is 11.3 Å². The van der Waals surface area contributed by atoms with Crippen molar-refractivity contribution in [1.82, 2.24) is 9.21 Å². The first-order chi connectivity index (χ1) is 14.6. The molecule has 1 aromatic carbocycles. The number of likely N-dealkylation sites (N-methyl/N-ethyl adjacent to an activating group) is 1. The van der Waals surface area contributed by atoms with Gasteiger partial charge in [-0.2, -0.15) is 4.31 Å². The molecular weight excluding hydrogens is 434 g/mol. The molecule has 9 heteroatoms. The number of hydrogen-bond donors (Lipinski definition) is 1. The third kappa shape index (κ3) is 5.34. The number of sulfonamides is 1. The normalized spacial score (nSPS) is 17.4. The molecule has 0 saturated carbocycles. The van der Waals surface area contributed by atoms with Gasteiger partial charge in [0.15, 0.2) is 0 Å². The highest BCUT2D eigenvalue weighted by Crippen LogP contribution is 2.29. The molecule has 1 aliphatic rings. The average molecular weight is 464 g/mol. The van der Waals surface area contributed by atoms with Gasteiger partial charge in [0.2, 0.25) is 11.8 Å². The van der Waals surface area contributed by atoms with E-state index in [1.807, 2.05) is 39.0 Å². The molecule has 2 aromatic rings. The number of thiophene rings is 1. The van der Waals surface area contributed by atoms with E-state index in [1.54, 1.807) is 19.2 Å². The molecule has 3 rings (SSSR count). The molecule has 1 N–H and O–H groups in total. The average Bonchev–Trinajstić information content (AvgIpc) is 3.17. The molecule has 1 aliphatic heterocycles. The van der Waals surface area contributed by atoms with Gasteiger partial charge in [0.25, 0.3) is 10.0 Å². The number of anilines is 1. The Hall–Kier alpha value is -2.23. The zero-order valence-electron chi connectivity index (χ0n) is 18.3. The first-order valence-corrected chi connectivity index (χ1v) is 12.5. The Kier molecular flexibility index (Phi) is 7.18. The van der Waals surface area contributed by atoms with E-state index in [0.717, 1.165) is 21.7 Å². The fraction of sp³-hybridized carbons (Fsp3) is 0.455. The van der Waals surface area contributed by atoms with Crippen LogP contribution in [-0.4, -0.2) is 56.1 Å². The minimum absolute atomic E-state index is 0.0834. The van der Waals surface area contributed by atoms with Crippen LogP contribution < -0.4 is 5.32 Å². The van der Waals surface area contributed by atoms with Crippen LogP contribution in [0.5, 0.6) is 0 Å². The van der Waals surface area contributed by atoms with Crippen molar-refractivity contribution in [3.8, 4) is 0 Å². The largest absolute Gasteiger partial charge is 0.336 e. The minimum atomic E-state index is -3.60. The maximum atomic E-state index is 13.0. The number of benzene rings is 1. The molecule has 31 heavy (non-hydrogen) atoms. The van der Waals surface area contributed by atoms with Crippen LogP contribution in [0.3, 0.4) is 0 Å². The molecule has 1 atom stereocenters. The van der Waals surface area contributed by atoms with Gasteiger partial charge in [-0.1, -0.05) is 18.2 Å². The van der Waals surface area contributed by atoms with Crippen molar-refractivity contribution in [2.24, 2.45) is 5.92 Å². The molecule has 7 nitrogen and oxygen atoms in total. The van der Waals surface area contributed by atoms with Crippen LogP contribution in [0.4, 0.5) is 5.69 Å². The number of nitrogens with one attached hydrogen (secondary N) is 1. The molecule has 1 aromatic heterocycles. The molecule has 2 amide bonds. The number of piperidine rings is 1. The SMILES string of the molecule is Cc1ccc(S(=O)(=O)N2CCCC(C(=O)N(C)CC(=O)Nc3c(C)cccc3C)C2)s1. The molecule has 168 valence electrons. The number of carbonyl (C=O) groups is 2. The number of para-hydroxylation sites is 1. The molecule has 0 bridgehead atoms. The van der Waals surface area contributed by atoms with E-state index >= 15 is 0 Å². The Bertz CT molecular complexity index is 1060. The van der Waals surface area contributed by atoms with Gasteiger partial charge in [-0.3, -0.25) is 9.59 Å². The molecule has 2 heterocycles. The molecule has 1 fully saturated rings. The van der Waals surface area contributed by atoms with Gasteiger partial charge < -0.3 is 10.2 Å². The summed E-state index contributed by atoms with van der Waals surface area (Å²) in [5, 5.41) is 2.89. The van der Waals surface area contributed by atoms with E-state index in [1.165, 1.54) is 20.5 Å². The quantitative estimate of drug-likeness (QED) is 0.713. The topological polar surface area (TPSA) is 86.8 Å². The maximum Gasteiger partial charge on any atom is 0.252 e. The molecule has 0 radical (unpaired) electrons. The molecular formula is C22H29N3O4S2. The third-order valence-electron chi connectivity index (χ3n) is 5.55. The van der Waals surface area contributed by atoms with Gasteiger partial charge >= 0.3 is 0 Å². The van der Waals surface area contributed by atoms with Crippen LogP contribution in [0, 0.1) is 26.7 Å². The van der Waals surface area contributed by atoms with Gasteiger partial charge in [0, 0.05) is 30.7 Å². The maximum absolute atomic E-state index is 13.0. The van der Waals surface area contributed by atoms with E-state index in [0.29, 0.717) is 23.6 Å². The third-order valence-corrected chi connectivity index (χ3v) is 8.88. The van der Waals surface area contributed by atoms with Crippen LogP contribution in [0.25, 0.3) is 0 Å². The van der Waals surface area contributed by atoms with E-state index in [-0.39, 0.29) is 24.9 Å². The summed E-state index contributed by atoms with van der Waals surface area (Å²) in [7, 11) is -2.02. The fourth-order valence-corrected chi connectivity index (χ4v) is 6.80. The highest BCUT2D eigenvalue weighted by molar-refractivity contribution is 7.91. The van der Waals surface area contributed by atoms with Crippen molar-refractivity contribution in [3.63, 3.8) is 0 Å². The Labute approximate surface area is 188 Å². The van der Waals surface area contributed by atoms with Gasteiger partial charge in [0.1, 0.15) is 4.21 Å². The summed E-state index contributed by atoms with van der Waals surface area (Å²) in [6.45, 7) is 6.17. The lowest BCUT2D eigenvalue weighted by Gasteiger charge is -2.32. The van der Waals surface area contributed by atoms with Gasteiger partial charge in [-0.05, 0) is 56.9 Å². The summed E-state index contributed by atoms with van der Waals surface area (Å²) in [5.41, 5.74) is 2.67. The number of hydrogen-bond acceptors (Lipinski definition) is 5. The standard InChI is InChI=1S/C22H29N3O4S2/c1-15-7-5-8-16(2)21(15)23-19(26)14-24(4)22(27)18-9-6-12-25(13-18)31(28,29)20-11-10-17(3)30-20/h5,7-8,10-11,18H,6,9,12-14H2,1-4H3,(H,23,26).